The predicted octanol–water partition coefficient (Wildman–Crippen LogP) is 3.21. The van der Waals surface area contributed by atoms with E-state index in [1.807, 2.05) is 42.5 Å². The number of Topliss-reactive ketones (excluding diaryl/α,β-unsaturated/α-hetero) is 1. The molecule has 0 spiro atoms. The van der Waals surface area contributed by atoms with Crippen LogP contribution in [0.2, 0.25) is 0 Å². The van der Waals surface area contributed by atoms with Gasteiger partial charge in [0.15, 0.2) is 5.78 Å². The van der Waals surface area contributed by atoms with Crippen LogP contribution >= 0.6 is 0 Å². The minimum absolute atomic E-state index is 0.0820. The Morgan fingerprint density at radius 3 is 2.38 bits per heavy atom. The van der Waals surface area contributed by atoms with Gasteiger partial charge in [0.1, 0.15) is 0 Å². The Hall–Kier alpha value is -1.89. The molecule has 0 fully saturated rings. The van der Waals surface area contributed by atoms with Crippen LogP contribution in [-0.4, -0.2) is 5.78 Å². The highest BCUT2D eigenvalue weighted by Crippen LogP contribution is 2.36. The second kappa shape index (κ2) is 3.60. The molecule has 3 rings (SSSR count). The highest BCUT2D eigenvalue weighted by Gasteiger charge is 2.31. The van der Waals surface area contributed by atoms with Crippen LogP contribution in [0.1, 0.15) is 27.4 Å². The first-order valence-electron chi connectivity index (χ1n) is 5.53. The number of fused-ring (bicyclic) bond motifs is 1. The Bertz CT molecular complexity index is 528. The van der Waals surface area contributed by atoms with Crippen molar-refractivity contribution in [2.24, 2.45) is 0 Å². The summed E-state index contributed by atoms with van der Waals surface area (Å²) in [5.41, 5.74) is 3.34. The number of ketones is 1. The van der Waals surface area contributed by atoms with E-state index in [-0.39, 0.29) is 11.7 Å². The summed E-state index contributed by atoms with van der Waals surface area (Å²) in [6.07, 6.45) is 0.893. The van der Waals surface area contributed by atoms with E-state index in [2.05, 4.69) is 12.1 Å². The lowest BCUT2D eigenvalue weighted by atomic mass is 9.74. The van der Waals surface area contributed by atoms with E-state index >= 15 is 0 Å². The van der Waals surface area contributed by atoms with Gasteiger partial charge in [-0.2, -0.15) is 0 Å². The lowest BCUT2D eigenvalue weighted by Gasteiger charge is -2.28. The Morgan fingerprint density at radius 1 is 0.938 bits per heavy atom. The molecule has 0 saturated carbocycles. The summed E-state index contributed by atoms with van der Waals surface area (Å²) in [6, 6.07) is 17.7. The van der Waals surface area contributed by atoms with Crippen molar-refractivity contribution >= 4 is 5.78 Å². The topological polar surface area (TPSA) is 17.1 Å². The van der Waals surface area contributed by atoms with E-state index in [1.54, 1.807) is 0 Å². The second-order valence-electron chi connectivity index (χ2n) is 4.19. The Balaban J connectivity index is 1.91. The maximum atomic E-state index is 12.2. The molecule has 1 atom stereocenters. The van der Waals surface area contributed by atoms with Gasteiger partial charge < -0.3 is 0 Å². The number of benzene rings is 2. The molecule has 2 aromatic carbocycles. The van der Waals surface area contributed by atoms with E-state index in [9.17, 15) is 4.79 Å². The Kier molecular flexibility index (Phi) is 2.10. The fourth-order valence-electron chi connectivity index (χ4n) is 2.30. The van der Waals surface area contributed by atoms with Gasteiger partial charge >= 0.3 is 0 Å². The second-order valence-corrected chi connectivity index (χ2v) is 4.19. The number of carbonyl (C=O) groups excluding carboxylic acids is 1. The molecule has 0 saturated heterocycles. The Morgan fingerprint density at radius 2 is 1.62 bits per heavy atom. The summed E-state index contributed by atoms with van der Waals surface area (Å²) in [7, 11) is 0. The fraction of sp³-hybridized carbons (Fsp3) is 0.133. The van der Waals surface area contributed by atoms with Crippen molar-refractivity contribution in [1.82, 2.24) is 0 Å². The predicted molar refractivity (Wildman–Crippen MR) is 63.7 cm³/mol. The average Bonchev–Trinajstić information content (AvgIpc) is 2.32. The monoisotopic (exact) mass is 208 g/mol. The molecule has 1 heteroatoms. The van der Waals surface area contributed by atoms with E-state index < -0.39 is 0 Å². The molecular formula is C15H12O. The molecule has 0 amide bonds. The minimum Gasteiger partial charge on any atom is -0.293 e. The van der Waals surface area contributed by atoms with Crippen LogP contribution in [-0.2, 0) is 6.42 Å². The molecule has 0 bridgehead atoms. The van der Waals surface area contributed by atoms with E-state index in [0.29, 0.717) is 0 Å². The van der Waals surface area contributed by atoms with Gasteiger partial charge in [0.25, 0.3) is 0 Å². The van der Waals surface area contributed by atoms with E-state index in [1.165, 1.54) is 11.1 Å². The molecule has 2 aromatic rings. The molecule has 0 unspecified atom stereocenters. The zero-order valence-corrected chi connectivity index (χ0v) is 8.89. The van der Waals surface area contributed by atoms with Crippen LogP contribution in [0.15, 0.2) is 54.6 Å². The van der Waals surface area contributed by atoms with E-state index in [4.69, 9.17) is 0 Å². The highest BCUT2D eigenvalue weighted by molar-refractivity contribution is 6.02. The maximum absolute atomic E-state index is 12.2. The zero-order valence-electron chi connectivity index (χ0n) is 8.89. The molecule has 16 heavy (non-hydrogen) atoms. The van der Waals surface area contributed by atoms with Crippen LogP contribution in [0.25, 0.3) is 0 Å². The molecule has 0 heterocycles. The number of hydrogen-bond acceptors (Lipinski definition) is 1. The molecule has 1 aliphatic carbocycles. The van der Waals surface area contributed by atoms with Crippen LogP contribution in [0, 0.1) is 0 Å². The van der Waals surface area contributed by atoms with Crippen molar-refractivity contribution in [3.8, 4) is 0 Å². The smallest absolute Gasteiger partial charge is 0.170 e. The van der Waals surface area contributed by atoms with Gasteiger partial charge in [0.2, 0.25) is 0 Å². The molecule has 78 valence electrons. The third-order valence-electron chi connectivity index (χ3n) is 3.23. The quantitative estimate of drug-likeness (QED) is 0.692. The van der Waals surface area contributed by atoms with Crippen LogP contribution in [0.4, 0.5) is 0 Å². The van der Waals surface area contributed by atoms with Crippen LogP contribution < -0.4 is 0 Å². The molecule has 0 aliphatic heterocycles. The molecule has 1 aliphatic rings. The largest absolute Gasteiger partial charge is 0.293 e. The molecule has 0 radical (unpaired) electrons. The normalized spacial score (nSPS) is 17.4. The van der Waals surface area contributed by atoms with Gasteiger partial charge in [0, 0.05) is 5.56 Å². The number of rotatable bonds is 2. The van der Waals surface area contributed by atoms with Gasteiger partial charge in [-0.1, -0.05) is 54.6 Å². The molecular weight excluding hydrogens is 196 g/mol. The van der Waals surface area contributed by atoms with Crippen molar-refractivity contribution in [2.75, 3.05) is 0 Å². The zero-order chi connectivity index (χ0) is 11.0. The van der Waals surface area contributed by atoms with Gasteiger partial charge in [-0.25, -0.2) is 0 Å². The number of carbonyl (C=O) groups is 1. The third kappa shape index (κ3) is 1.36. The minimum atomic E-state index is 0.0820. The summed E-state index contributed by atoms with van der Waals surface area (Å²) < 4.78 is 0. The first-order chi connectivity index (χ1) is 7.86. The van der Waals surface area contributed by atoms with Gasteiger partial charge in [0.05, 0.1) is 5.92 Å². The van der Waals surface area contributed by atoms with Crippen molar-refractivity contribution in [3.63, 3.8) is 0 Å². The summed E-state index contributed by atoms with van der Waals surface area (Å²) in [4.78, 5) is 12.2. The SMILES string of the molecule is O=C(c1ccccc1)[C@H]1Cc2ccccc21. The van der Waals surface area contributed by atoms with Crippen molar-refractivity contribution in [2.45, 2.75) is 12.3 Å². The van der Waals surface area contributed by atoms with Crippen molar-refractivity contribution in [1.29, 1.82) is 0 Å². The first kappa shape index (κ1) is 9.34. The maximum Gasteiger partial charge on any atom is 0.170 e. The highest BCUT2D eigenvalue weighted by atomic mass is 16.1. The summed E-state index contributed by atoms with van der Waals surface area (Å²) in [5, 5.41) is 0. The summed E-state index contributed by atoms with van der Waals surface area (Å²) >= 11 is 0. The Labute approximate surface area is 94.7 Å². The lowest BCUT2D eigenvalue weighted by molar-refractivity contribution is 0.0949. The fourth-order valence-corrected chi connectivity index (χ4v) is 2.30. The molecule has 0 aromatic heterocycles. The van der Waals surface area contributed by atoms with Crippen molar-refractivity contribution in [3.05, 3.63) is 71.3 Å². The van der Waals surface area contributed by atoms with Gasteiger partial charge in [-0.3, -0.25) is 4.79 Å². The standard InChI is InChI=1S/C15H12O/c16-15(11-6-2-1-3-7-11)14-10-12-8-4-5-9-13(12)14/h1-9,14H,10H2/t14-/m0/s1. The third-order valence-corrected chi connectivity index (χ3v) is 3.23. The number of hydrogen-bond donors (Lipinski definition) is 0. The van der Waals surface area contributed by atoms with Crippen LogP contribution in [0.5, 0.6) is 0 Å². The summed E-state index contributed by atoms with van der Waals surface area (Å²) in [5.74, 6) is 0.331. The van der Waals surface area contributed by atoms with Gasteiger partial charge in [-0.15, -0.1) is 0 Å². The molecule has 1 nitrogen and oxygen atoms in total. The van der Waals surface area contributed by atoms with Gasteiger partial charge in [-0.05, 0) is 17.5 Å². The molecule has 0 N–H and O–H groups in total. The summed E-state index contributed by atoms with van der Waals surface area (Å²) in [6.45, 7) is 0. The average molecular weight is 208 g/mol. The van der Waals surface area contributed by atoms with Crippen molar-refractivity contribution < 1.29 is 4.79 Å². The van der Waals surface area contributed by atoms with Crippen LogP contribution in [0.3, 0.4) is 0 Å². The first-order valence-corrected chi connectivity index (χ1v) is 5.53. The lowest BCUT2D eigenvalue weighted by Crippen LogP contribution is -2.25. The van der Waals surface area contributed by atoms with E-state index in [0.717, 1.165) is 12.0 Å².